The van der Waals surface area contributed by atoms with Gasteiger partial charge in [0, 0.05) is 39.6 Å². The Balaban J connectivity index is 1.60. The monoisotopic (exact) mass is 517 g/mol. The molecule has 0 unspecified atom stereocenters. The number of aromatic nitrogens is 3. The first-order chi connectivity index (χ1) is 17.5. The lowest BCUT2D eigenvalue weighted by molar-refractivity contribution is -0.156. The Kier molecular flexibility index (Phi) is 7.47. The van der Waals surface area contributed by atoms with Gasteiger partial charge in [-0.1, -0.05) is 19.3 Å². The van der Waals surface area contributed by atoms with E-state index < -0.39 is 47.7 Å². The fraction of sp³-hybridized carbons (Fsp3) is 0.560. The summed E-state index contributed by atoms with van der Waals surface area (Å²) in [5.74, 6) is -5.06. The number of hydrogen-bond acceptors (Lipinski definition) is 6. The summed E-state index contributed by atoms with van der Waals surface area (Å²) in [5.41, 5.74) is 6.44. The highest BCUT2D eigenvalue weighted by molar-refractivity contribution is 6.12. The van der Waals surface area contributed by atoms with Crippen LogP contribution in [0.5, 0.6) is 0 Å². The Hall–Kier alpha value is -3.57. The number of nitrogens with two attached hydrogens (primary N) is 1. The Bertz CT molecular complexity index is 1160. The molecule has 1 aliphatic carbocycles. The summed E-state index contributed by atoms with van der Waals surface area (Å²) in [4.78, 5) is 50.3. The third-order valence-electron chi connectivity index (χ3n) is 7.36. The number of halogens is 2. The summed E-state index contributed by atoms with van der Waals surface area (Å²) in [7, 11) is 3.20. The van der Waals surface area contributed by atoms with Crippen LogP contribution < -0.4 is 16.0 Å². The van der Waals surface area contributed by atoms with Crippen molar-refractivity contribution in [3.63, 3.8) is 0 Å². The van der Waals surface area contributed by atoms with E-state index in [1.165, 1.54) is 24.3 Å². The van der Waals surface area contributed by atoms with Crippen LogP contribution in [0, 0.1) is 11.8 Å². The lowest BCUT2D eigenvalue weighted by Crippen LogP contribution is -2.72. The molecule has 3 N–H and O–H groups in total. The number of imide groups is 1. The van der Waals surface area contributed by atoms with Gasteiger partial charge in [0.25, 0.3) is 11.8 Å². The number of rotatable bonds is 7. The van der Waals surface area contributed by atoms with Crippen LogP contribution >= 0.6 is 0 Å². The number of nitrogens with zero attached hydrogens (tertiary/aromatic N) is 5. The number of likely N-dealkylation sites (N-methyl/N-ethyl adjacent to an activating group) is 1. The number of likely N-dealkylation sites (tertiary alicyclic amines) is 1. The maximum Gasteiger partial charge on any atom is 0.325 e. The van der Waals surface area contributed by atoms with Gasteiger partial charge < -0.3 is 15.6 Å². The predicted molar refractivity (Wildman–Crippen MR) is 133 cm³/mol. The summed E-state index contributed by atoms with van der Waals surface area (Å²) in [6, 6.07) is -0.348. The summed E-state index contributed by atoms with van der Waals surface area (Å²) in [5, 5.41) is 2.42. The standard InChI is InChI=1S/C25H33F2N7O3/c1-25(26,27)20(16-7-5-4-6-8-16)31-24(37)34-19(22(36)33(3)23-30-11-12-32(23)2)17(21(34)35)13-15-9-10-29-18(28)14-15/h9-12,14,16-17,19-20H,4-8,13H2,1-3H3,(H2,28,29)(H,31,37)/t17-,19+,20+/m1/s1. The molecule has 2 aliphatic rings. The van der Waals surface area contributed by atoms with E-state index in [9.17, 15) is 23.2 Å². The van der Waals surface area contributed by atoms with E-state index in [0.717, 1.165) is 31.1 Å². The normalized spacial score (nSPS) is 21.3. The zero-order chi connectivity index (χ0) is 26.9. The third kappa shape index (κ3) is 5.42. The molecule has 4 amide bonds. The number of nitrogens with one attached hydrogen (secondary N) is 1. The van der Waals surface area contributed by atoms with Crippen molar-refractivity contribution >= 4 is 29.6 Å². The first kappa shape index (κ1) is 26.5. The second-order valence-electron chi connectivity index (χ2n) is 10.1. The quantitative estimate of drug-likeness (QED) is 0.544. The molecular formula is C25H33F2N7O3. The van der Waals surface area contributed by atoms with Crippen molar-refractivity contribution in [1.82, 2.24) is 24.8 Å². The number of anilines is 2. The van der Waals surface area contributed by atoms with Crippen molar-refractivity contribution in [2.75, 3.05) is 17.7 Å². The van der Waals surface area contributed by atoms with Crippen molar-refractivity contribution in [2.24, 2.45) is 18.9 Å². The molecule has 1 aliphatic heterocycles. The first-order valence-corrected chi connectivity index (χ1v) is 12.5. The minimum absolute atomic E-state index is 0.135. The van der Waals surface area contributed by atoms with E-state index in [-0.39, 0.29) is 12.2 Å². The van der Waals surface area contributed by atoms with Crippen LogP contribution in [-0.4, -0.2) is 62.3 Å². The molecule has 0 spiro atoms. The molecule has 10 nitrogen and oxygen atoms in total. The fourth-order valence-corrected chi connectivity index (χ4v) is 5.44. The van der Waals surface area contributed by atoms with Gasteiger partial charge in [-0.3, -0.25) is 19.4 Å². The van der Waals surface area contributed by atoms with E-state index in [0.29, 0.717) is 24.4 Å². The van der Waals surface area contributed by atoms with Crippen molar-refractivity contribution in [1.29, 1.82) is 0 Å². The molecule has 0 bridgehead atoms. The van der Waals surface area contributed by atoms with Crippen molar-refractivity contribution < 1.29 is 23.2 Å². The largest absolute Gasteiger partial charge is 0.384 e. The Morgan fingerprint density at radius 1 is 1.24 bits per heavy atom. The second-order valence-corrected chi connectivity index (χ2v) is 10.1. The number of carbonyl (C=O) groups is 3. The molecule has 0 aromatic carbocycles. The lowest BCUT2D eigenvalue weighted by atomic mass is 9.80. The van der Waals surface area contributed by atoms with Crippen LogP contribution in [0.15, 0.2) is 30.7 Å². The molecule has 200 valence electrons. The first-order valence-electron chi connectivity index (χ1n) is 12.5. The number of nitrogen functional groups attached to an aromatic ring is 1. The number of hydrogen-bond donors (Lipinski definition) is 2. The molecule has 3 atom stereocenters. The molecule has 2 aromatic rings. The number of β-lactam (4-membered cyclic amide) rings is 1. The average molecular weight is 518 g/mol. The number of aryl methyl sites for hydroxylation is 1. The third-order valence-corrected chi connectivity index (χ3v) is 7.36. The average Bonchev–Trinajstić information content (AvgIpc) is 3.28. The molecule has 12 heteroatoms. The molecule has 2 aromatic heterocycles. The minimum Gasteiger partial charge on any atom is -0.384 e. The molecule has 4 rings (SSSR count). The van der Waals surface area contributed by atoms with Gasteiger partial charge in [-0.25, -0.2) is 23.5 Å². The number of carbonyl (C=O) groups excluding carboxylic acids is 3. The topological polar surface area (TPSA) is 126 Å². The fourth-order valence-electron chi connectivity index (χ4n) is 5.44. The highest BCUT2D eigenvalue weighted by Crippen LogP contribution is 2.36. The van der Waals surface area contributed by atoms with Gasteiger partial charge in [0.2, 0.25) is 11.9 Å². The predicted octanol–water partition coefficient (Wildman–Crippen LogP) is 2.74. The molecular weight excluding hydrogens is 484 g/mol. The molecule has 3 heterocycles. The van der Waals surface area contributed by atoms with Gasteiger partial charge in [-0.15, -0.1) is 0 Å². The number of alkyl halides is 2. The smallest absolute Gasteiger partial charge is 0.325 e. The molecule has 1 saturated carbocycles. The van der Waals surface area contributed by atoms with Crippen LogP contribution in [0.2, 0.25) is 0 Å². The van der Waals surface area contributed by atoms with Gasteiger partial charge >= 0.3 is 6.03 Å². The SMILES string of the molecule is CN(C(=O)[C@@H]1[C@@H](Cc2ccnc(N)c2)C(=O)N1C(=O)N[C@@H](C1CCCCC1)C(C)(F)F)c1nccn1C. The lowest BCUT2D eigenvalue weighted by Gasteiger charge is -2.46. The number of pyridine rings is 1. The highest BCUT2D eigenvalue weighted by atomic mass is 19.3. The minimum atomic E-state index is -3.19. The Labute approximate surface area is 214 Å². The molecule has 37 heavy (non-hydrogen) atoms. The van der Waals surface area contributed by atoms with Crippen LogP contribution in [0.3, 0.4) is 0 Å². The summed E-state index contributed by atoms with van der Waals surface area (Å²) in [6.45, 7) is 0.776. The van der Waals surface area contributed by atoms with Crippen LogP contribution in [0.25, 0.3) is 0 Å². The Morgan fingerprint density at radius 3 is 2.54 bits per heavy atom. The van der Waals surface area contributed by atoms with E-state index in [4.69, 9.17) is 5.73 Å². The van der Waals surface area contributed by atoms with E-state index in [1.807, 2.05) is 0 Å². The van der Waals surface area contributed by atoms with Crippen molar-refractivity contribution in [2.45, 2.75) is 63.5 Å². The Morgan fingerprint density at radius 2 is 1.95 bits per heavy atom. The maximum atomic E-state index is 14.6. The van der Waals surface area contributed by atoms with Gasteiger partial charge in [0.05, 0.1) is 12.0 Å². The van der Waals surface area contributed by atoms with Crippen molar-refractivity contribution in [3.8, 4) is 0 Å². The zero-order valence-electron chi connectivity index (χ0n) is 21.2. The maximum absolute atomic E-state index is 14.6. The summed E-state index contributed by atoms with van der Waals surface area (Å²) >= 11 is 0. The highest BCUT2D eigenvalue weighted by Gasteiger charge is 2.56. The van der Waals surface area contributed by atoms with Crippen LogP contribution in [-0.2, 0) is 23.1 Å². The van der Waals surface area contributed by atoms with Crippen LogP contribution in [0.4, 0.5) is 25.3 Å². The van der Waals surface area contributed by atoms with Crippen molar-refractivity contribution in [3.05, 3.63) is 36.3 Å². The van der Waals surface area contributed by atoms with E-state index in [1.54, 1.807) is 29.9 Å². The molecule has 0 radical (unpaired) electrons. The van der Waals surface area contributed by atoms with Gasteiger partial charge in [0.1, 0.15) is 11.9 Å². The zero-order valence-corrected chi connectivity index (χ0v) is 21.2. The molecule has 1 saturated heterocycles. The van der Waals surface area contributed by atoms with Gasteiger partial charge in [0.15, 0.2) is 0 Å². The van der Waals surface area contributed by atoms with E-state index in [2.05, 4.69) is 15.3 Å². The van der Waals surface area contributed by atoms with Crippen LogP contribution in [0.1, 0.15) is 44.6 Å². The van der Waals surface area contributed by atoms with Gasteiger partial charge in [-0.05, 0) is 42.9 Å². The van der Waals surface area contributed by atoms with E-state index >= 15 is 0 Å². The number of amides is 4. The molecule has 2 fully saturated rings. The second kappa shape index (κ2) is 10.4. The summed E-state index contributed by atoms with van der Waals surface area (Å²) in [6.07, 6.45) is 8.52. The summed E-state index contributed by atoms with van der Waals surface area (Å²) < 4.78 is 30.8. The number of imidazole rings is 1. The number of urea groups is 1. The van der Waals surface area contributed by atoms with Gasteiger partial charge in [-0.2, -0.15) is 0 Å².